The van der Waals surface area contributed by atoms with Gasteiger partial charge in [-0.05, 0) is 37.8 Å². The van der Waals surface area contributed by atoms with Crippen molar-refractivity contribution in [3.05, 3.63) is 29.3 Å². The van der Waals surface area contributed by atoms with Gasteiger partial charge in [-0.1, -0.05) is 37.5 Å². The Hall–Kier alpha value is -1.55. The molecule has 0 spiro atoms. The van der Waals surface area contributed by atoms with Gasteiger partial charge in [0.1, 0.15) is 0 Å². The molecule has 21 heavy (non-hydrogen) atoms. The van der Waals surface area contributed by atoms with Gasteiger partial charge in [0.05, 0.1) is 0 Å². The quantitative estimate of drug-likeness (QED) is 0.747. The van der Waals surface area contributed by atoms with E-state index in [9.17, 15) is 9.90 Å². The van der Waals surface area contributed by atoms with E-state index >= 15 is 0 Å². The molecular formula is C17H26N2O2. The second kappa shape index (κ2) is 7.46. The molecule has 1 aliphatic carbocycles. The van der Waals surface area contributed by atoms with Gasteiger partial charge in [0.25, 0.3) is 0 Å². The first-order valence-electron chi connectivity index (χ1n) is 7.86. The Morgan fingerprint density at radius 2 is 1.86 bits per heavy atom. The summed E-state index contributed by atoms with van der Waals surface area (Å²) in [6, 6.07) is 5.87. The van der Waals surface area contributed by atoms with Gasteiger partial charge >= 0.3 is 6.03 Å². The third-order valence-corrected chi connectivity index (χ3v) is 4.43. The maximum atomic E-state index is 12.3. The van der Waals surface area contributed by atoms with Crippen LogP contribution in [-0.4, -0.2) is 23.8 Å². The van der Waals surface area contributed by atoms with Crippen LogP contribution in [0.25, 0.3) is 0 Å². The Kier molecular flexibility index (Phi) is 5.62. The lowest BCUT2D eigenvalue weighted by Gasteiger charge is -2.25. The van der Waals surface area contributed by atoms with Crippen LogP contribution in [0, 0.1) is 19.8 Å². The largest absolute Gasteiger partial charge is 0.396 e. The summed E-state index contributed by atoms with van der Waals surface area (Å²) in [5.41, 5.74) is 3.00. The number of nitrogens with one attached hydrogen (secondary N) is 2. The van der Waals surface area contributed by atoms with Gasteiger partial charge in [-0.15, -0.1) is 0 Å². The van der Waals surface area contributed by atoms with Crippen molar-refractivity contribution < 1.29 is 9.90 Å². The zero-order valence-electron chi connectivity index (χ0n) is 13.0. The number of anilines is 1. The predicted molar refractivity (Wildman–Crippen MR) is 85.5 cm³/mol. The lowest BCUT2D eigenvalue weighted by molar-refractivity contribution is 0.182. The molecule has 116 valence electrons. The molecule has 0 aromatic heterocycles. The first-order chi connectivity index (χ1) is 10.1. The van der Waals surface area contributed by atoms with Crippen molar-refractivity contribution in [3.8, 4) is 0 Å². The number of benzene rings is 1. The van der Waals surface area contributed by atoms with Crippen LogP contribution in [-0.2, 0) is 0 Å². The summed E-state index contributed by atoms with van der Waals surface area (Å²) in [5.74, 6) is 0.177. The molecule has 4 heteroatoms. The smallest absolute Gasteiger partial charge is 0.319 e. The molecule has 2 atom stereocenters. The van der Waals surface area contributed by atoms with Gasteiger partial charge < -0.3 is 15.7 Å². The fraction of sp³-hybridized carbons (Fsp3) is 0.588. The monoisotopic (exact) mass is 290 g/mol. The van der Waals surface area contributed by atoms with Crippen LogP contribution in [0.2, 0.25) is 0 Å². The van der Waals surface area contributed by atoms with Crippen LogP contribution in [0.3, 0.4) is 0 Å². The van der Waals surface area contributed by atoms with Gasteiger partial charge in [0.15, 0.2) is 0 Å². The fourth-order valence-electron chi connectivity index (χ4n) is 3.12. The van der Waals surface area contributed by atoms with Crippen LogP contribution in [0.5, 0.6) is 0 Å². The molecule has 2 rings (SSSR count). The summed E-state index contributed by atoms with van der Waals surface area (Å²) in [6.45, 7) is 4.13. The molecule has 1 saturated carbocycles. The highest BCUT2D eigenvalue weighted by Gasteiger charge is 2.24. The Labute approximate surface area is 126 Å². The molecule has 0 radical (unpaired) electrons. The number of hydrogen-bond acceptors (Lipinski definition) is 2. The van der Waals surface area contributed by atoms with Gasteiger partial charge in [-0.2, -0.15) is 0 Å². The number of hydrogen-bond donors (Lipinski definition) is 3. The first-order valence-corrected chi connectivity index (χ1v) is 7.86. The summed E-state index contributed by atoms with van der Waals surface area (Å²) in [7, 11) is 0. The number of aliphatic hydroxyl groups excluding tert-OH is 1. The van der Waals surface area contributed by atoms with Crippen LogP contribution < -0.4 is 10.6 Å². The summed E-state index contributed by atoms with van der Waals surface area (Å²) in [6.07, 6.45) is 5.39. The molecule has 0 bridgehead atoms. The standard InChI is InChI=1S/C17H26N2O2/c1-12-7-6-8-13(2)16(12)19-17(21)18-15-10-5-3-4-9-14(15)11-20/h6-8,14-15,20H,3-5,9-11H2,1-2H3,(H2,18,19,21). The summed E-state index contributed by atoms with van der Waals surface area (Å²) < 4.78 is 0. The second-order valence-electron chi connectivity index (χ2n) is 6.05. The molecule has 1 aliphatic rings. The van der Waals surface area contributed by atoms with E-state index in [-0.39, 0.29) is 24.6 Å². The Morgan fingerprint density at radius 1 is 1.19 bits per heavy atom. The van der Waals surface area contributed by atoms with Crippen molar-refractivity contribution in [3.63, 3.8) is 0 Å². The lowest BCUT2D eigenvalue weighted by atomic mass is 9.96. The minimum Gasteiger partial charge on any atom is -0.396 e. The van der Waals surface area contributed by atoms with E-state index in [0.717, 1.165) is 42.5 Å². The number of rotatable bonds is 3. The molecule has 3 N–H and O–H groups in total. The number of urea groups is 1. The molecule has 1 fully saturated rings. The van der Waals surface area contributed by atoms with Crippen LogP contribution >= 0.6 is 0 Å². The van der Waals surface area contributed by atoms with E-state index in [0.29, 0.717) is 0 Å². The van der Waals surface area contributed by atoms with E-state index in [1.54, 1.807) is 0 Å². The average Bonchev–Trinajstić information content (AvgIpc) is 2.68. The number of amides is 2. The minimum absolute atomic E-state index is 0.0711. The third kappa shape index (κ3) is 4.21. The molecule has 1 aromatic rings. The van der Waals surface area contributed by atoms with Crippen molar-refractivity contribution in [2.24, 2.45) is 5.92 Å². The average molecular weight is 290 g/mol. The van der Waals surface area contributed by atoms with E-state index in [1.807, 2.05) is 32.0 Å². The van der Waals surface area contributed by atoms with Crippen LogP contribution in [0.1, 0.15) is 43.2 Å². The van der Waals surface area contributed by atoms with E-state index < -0.39 is 0 Å². The van der Waals surface area contributed by atoms with Gasteiger partial charge in [0, 0.05) is 24.3 Å². The van der Waals surface area contributed by atoms with E-state index in [1.165, 1.54) is 6.42 Å². The SMILES string of the molecule is Cc1cccc(C)c1NC(=O)NC1CCCCCC1CO. The number of carbonyl (C=O) groups is 1. The molecule has 0 aliphatic heterocycles. The molecule has 4 nitrogen and oxygen atoms in total. The number of carbonyl (C=O) groups excluding carboxylic acids is 1. The van der Waals surface area contributed by atoms with Gasteiger partial charge in [0.2, 0.25) is 0 Å². The zero-order chi connectivity index (χ0) is 15.2. The lowest BCUT2D eigenvalue weighted by Crippen LogP contribution is -2.43. The van der Waals surface area contributed by atoms with Gasteiger partial charge in [-0.3, -0.25) is 0 Å². The van der Waals surface area contributed by atoms with Crippen molar-refractivity contribution in [2.45, 2.75) is 52.0 Å². The molecule has 0 saturated heterocycles. The summed E-state index contributed by atoms with van der Waals surface area (Å²) in [4.78, 5) is 12.3. The van der Waals surface area contributed by atoms with Crippen molar-refractivity contribution >= 4 is 11.7 Å². The Morgan fingerprint density at radius 3 is 2.52 bits per heavy atom. The molecule has 1 aromatic carbocycles. The van der Waals surface area contributed by atoms with Crippen molar-refractivity contribution in [2.75, 3.05) is 11.9 Å². The van der Waals surface area contributed by atoms with Gasteiger partial charge in [-0.25, -0.2) is 4.79 Å². The Balaban J connectivity index is 2.00. The fourth-order valence-corrected chi connectivity index (χ4v) is 3.12. The third-order valence-electron chi connectivity index (χ3n) is 4.43. The van der Waals surface area contributed by atoms with E-state index in [2.05, 4.69) is 10.6 Å². The molecule has 2 unspecified atom stereocenters. The highest BCUT2D eigenvalue weighted by molar-refractivity contribution is 5.91. The number of aryl methyl sites for hydroxylation is 2. The number of para-hydroxylation sites is 1. The second-order valence-corrected chi connectivity index (χ2v) is 6.05. The van der Waals surface area contributed by atoms with Crippen molar-refractivity contribution in [1.29, 1.82) is 0 Å². The molecule has 0 heterocycles. The molecular weight excluding hydrogens is 264 g/mol. The predicted octanol–water partition coefficient (Wildman–Crippen LogP) is 3.37. The summed E-state index contributed by atoms with van der Waals surface area (Å²) >= 11 is 0. The van der Waals surface area contributed by atoms with E-state index in [4.69, 9.17) is 0 Å². The topological polar surface area (TPSA) is 61.4 Å². The van der Waals surface area contributed by atoms with Crippen LogP contribution in [0.4, 0.5) is 10.5 Å². The highest BCUT2D eigenvalue weighted by Crippen LogP contribution is 2.24. The zero-order valence-corrected chi connectivity index (χ0v) is 13.0. The normalized spacial score (nSPS) is 22.4. The maximum absolute atomic E-state index is 12.3. The van der Waals surface area contributed by atoms with Crippen LogP contribution in [0.15, 0.2) is 18.2 Å². The minimum atomic E-state index is -0.169. The first kappa shape index (κ1) is 15.8. The van der Waals surface area contributed by atoms with Crippen molar-refractivity contribution in [1.82, 2.24) is 5.32 Å². The maximum Gasteiger partial charge on any atom is 0.319 e. The Bertz CT molecular complexity index is 467. The summed E-state index contributed by atoms with van der Waals surface area (Å²) in [5, 5.41) is 15.5. The highest BCUT2D eigenvalue weighted by atomic mass is 16.3. The number of aliphatic hydroxyl groups is 1. The molecule has 2 amide bonds.